The van der Waals surface area contributed by atoms with Gasteiger partial charge >= 0.3 is 0 Å². The minimum absolute atomic E-state index is 0.118. The van der Waals surface area contributed by atoms with Gasteiger partial charge in [0.25, 0.3) is 5.91 Å². The van der Waals surface area contributed by atoms with Crippen molar-refractivity contribution in [3.63, 3.8) is 0 Å². The Labute approximate surface area is 167 Å². The average Bonchev–Trinajstić information content (AvgIpc) is 3.18. The zero-order valence-corrected chi connectivity index (χ0v) is 16.3. The van der Waals surface area contributed by atoms with Crippen LogP contribution in [-0.2, 0) is 11.3 Å². The van der Waals surface area contributed by atoms with Crippen LogP contribution in [-0.4, -0.2) is 39.6 Å². The fourth-order valence-corrected chi connectivity index (χ4v) is 3.38. The zero-order valence-electron chi connectivity index (χ0n) is 16.3. The summed E-state index contributed by atoms with van der Waals surface area (Å²) in [5, 5.41) is 12.0. The minimum Gasteiger partial charge on any atom is -0.479 e. The van der Waals surface area contributed by atoms with Crippen molar-refractivity contribution in [3.05, 3.63) is 46.9 Å². The molecule has 1 atom stereocenters. The molecule has 29 heavy (non-hydrogen) atoms. The number of amides is 1. The Morgan fingerprint density at radius 3 is 2.97 bits per heavy atom. The van der Waals surface area contributed by atoms with Gasteiger partial charge in [0.05, 0.1) is 12.7 Å². The van der Waals surface area contributed by atoms with E-state index in [0.29, 0.717) is 6.61 Å². The molecular formula is C20H22FN5O3. The average molecular weight is 399 g/mol. The monoisotopic (exact) mass is 399 g/mol. The third-order valence-electron chi connectivity index (χ3n) is 5.01. The first-order valence-electron chi connectivity index (χ1n) is 9.51. The van der Waals surface area contributed by atoms with E-state index in [2.05, 4.69) is 20.5 Å². The van der Waals surface area contributed by atoms with Crippen molar-refractivity contribution in [2.45, 2.75) is 39.0 Å². The molecule has 0 radical (unpaired) electrons. The number of hydrogen-bond acceptors (Lipinski definition) is 6. The Hall–Kier alpha value is -3.07. The molecule has 1 N–H and O–H groups in total. The maximum atomic E-state index is 13.8. The second-order valence-electron chi connectivity index (χ2n) is 6.97. The molecule has 152 valence electrons. The van der Waals surface area contributed by atoms with E-state index in [1.165, 1.54) is 13.3 Å². The Balaban J connectivity index is 1.55. The summed E-state index contributed by atoms with van der Waals surface area (Å²) in [4.78, 5) is 17.9. The fourth-order valence-electron chi connectivity index (χ4n) is 3.38. The number of carbonyl (C=O) groups is 1. The molecule has 1 aliphatic heterocycles. The Morgan fingerprint density at radius 2 is 2.24 bits per heavy atom. The normalized spacial score (nSPS) is 16.7. The van der Waals surface area contributed by atoms with Gasteiger partial charge in [0.15, 0.2) is 12.0 Å². The second-order valence-corrected chi connectivity index (χ2v) is 6.97. The minimum atomic E-state index is -0.686. The molecule has 2 aromatic heterocycles. The van der Waals surface area contributed by atoms with E-state index in [4.69, 9.17) is 9.47 Å². The molecular weight excluding hydrogens is 377 g/mol. The van der Waals surface area contributed by atoms with Crippen LogP contribution in [0.5, 0.6) is 5.88 Å². The molecule has 1 aliphatic rings. The Kier molecular flexibility index (Phi) is 5.39. The van der Waals surface area contributed by atoms with Crippen molar-refractivity contribution >= 4 is 16.9 Å². The number of nitrogens with one attached hydrogen (secondary N) is 1. The van der Waals surface area contributed by atoms with E-state index in [-0.39, 0.29) is 24.2 Å². The van der Waals surface area contributed by atoms with Gasteiger partial charge in [-0.15, -0.1) is 0 Å². The van der Waals surface area contributed by atoms with E-state index in [9.17, 15) is 9.18 Å². The Bertz CT molecular complexity index is 1050. The van der Waals surface area contributed by atoms with Crippen molar-refractivity contribution in [1.82, 2.24) is 25.3 Å². The number of fused-ring (bicyclic) bond motifs is 1. The van der Waals surface area contributed by atoms with Crippen LogP contribution in [0.4, 0.5) is 4.39 Å². The molecule has 0 saturated carbocycles. The largest absolute Gasteiger partial charge is 0.479 e. The number of rotatable bonds is 5. The van der Waals surface area contributed by atoms with Gasteiger partial charge in [0, 0.05) is 24.9 Å². The summed E-state index contributed by atoms with van der Waals surface area (Å²) in [5.74, 6) is -1.27. The van der Waals surface area contributed by atoms with Crippen molar-refractivity contribution in [2.24, 2.45) is 0 Å². The van der Waals surface area contributed by atoms with Gasteiger partial charge in [-0.25, -0.2) is 9.37 Å². The number of pyridine rings is 1. The quantitative estimate of drug-likeness (QED) is 0.709. The summed E-state index contributed by atoms with van der Waals surface area (Å²) in [6, 6.07) is 4.95. The molecule has 3 aromatic rings. The molecule has 1 amide bonds. The van der Waals surface area contributed by atoms with Gasteiger partial charge in [0.2, 0.25) is 5.88 Å². The number of nitrogens with zero attached hydrogens (tertiary/aromatic N) is 4. The lowest BCUT2D eigenvalue weighted by Gasteiger charge is -2.21. The second kappa shape index (κ2) is 8.12. The van der Waals surface area contributed by atoms with Crippen LogP contribution in [0.25, 0.3) is 11.0 Å². The summed E-state index contributed by atoms with van der Waals surface area (Å²) in [6.45, 7) is 2.89. The van der Waals surface area contributed by atoms with Crippen LogP contribution in [0.2, 0.25) is 0 Å². The lowest BCUT2D eigenvalue weighted by Crippen LogP contribution is -2.24. The highest BCUT2D eigenvalue weighted by molar-refractivity contribution is 5.94. The number of methoxy groups -OCH3 is 1. The number of aromatic nitrogens is 4. The van der Waals surface area contributed by atoms with E-state index in [1.807, 2.05) is 19.1 Å². The summed E-state index contributed by atoms with van der Waals surface area (Å²) in [6.07, 6.45) is 4.13. The molecule has 9 heteroatoms. The fraction of sp³-hybridized carbons (Fsp3) is 0.400. The van der Waals surface area contributed by atoms with Gasteiger partial charge in [0.1, 0.15) is 11.0 Å². The molecule has 1 saturated heterocycles. The van der Waals surface area contributed by atoms with Gasteiger partial charge in [-0.1, -0.05) is 6.07 Å². The molecule has 8 nitrogen and oxygen atoms in total. The number of hydrogen-bond donors (Lipinski definition) is 1. The van der Waals surface area contributed by atoms with Gasteiger partial charge in [-0.05, 0) is 43.9 Å². The highest BCUT2D eigenvalue weighted by Gasteiger charge is 2.20. The molecule has 0 spiro atoms. The van der Waals surface area contributed by atoms with Crippen LogP contribution >= 0.6 is 0 Å². The predicted molar refractivity (Wildman–Crippen MR) is 103 cm³/mol. The van der Waals surface area contributed by atoms with Crippen LogP contribution < -0.4 is 10.1 Å². The first kappa shape index (κ1) is 19.3. The van der Waals surface area contributed by atoms with E-state index in [0.717, 1.165) is 47.5 Å². The van der Waals surface area contributed by atoms with E-state index < -0.39 is 11.7 Å². The number of halogens is 1. The first-order valence-corrected chi connectivity index (χ1v) is 9.51. The summed E-state index contributed by atoms with van der Waals surface area (Å²) in [5.41, 5.74) is 3.42. The Morgan fingerprint density at radius 1 is 1.38 bits per heavy atom. The smallest absolute Gasteiger partial charge is 0.253 e. The molecule has 1 aromatic carbocycles. The molecule has 1 unspecified atom stereocenters. The zero-order chi connectivity index (χ0) is 20.4. The SMILES string of the molecule is COc1ncc(C(=O)NCc2c(C)ccc3nn(C4CCCCO4)nc23)cc1F. The van der Waals surface area contributed by atoms with Gasteiger partial charge in [-0.3, -0.25) is 4.79 Å². The molecule has 0 aliphatic carbocycles. The van der Waals surface area contributed by atoms with Gasteiger partial charge < -0.3 is 14.8 Å². The highest BCUT2D eigenvalue weighted by Crippen LogP contribution is 2.25. The van der Waals surface area contributed by atoms with Crippen LogP contribution in [0.1, 0.15) is 47.0 Å². The molecule has 0 bridgehead atoms. The third-order valence-corrected chi connectivity index (χ3v) is 5.01. The highest BCUT2D eigenvalue weighted by atomic mass is 19.1. The topological polar surface area (TPSA) is 91.2 Å². The summed E-state index contributed by atoms with van der Waals surface area (Å²) in [7, 11) is 1.32. The number of aryl methyl sites for hydroxylation is 1. The summed E-state index contributed by atoms with van der Waals surface area (Å²) < 4.78 is 24.4. The maximum absolute atomic E-state index is 13.8. The number of benzene rings is 1. The van der Waals surface area contributed by atoms with Crippen LogP contribution in [0.3, 0.4) is 0 Å². The van der Waals surface area contributed by atoms with Gasteiger partial charge in [-0.2, -0.15) is 15.0 Å². The molecule has 1 fully saturated rings. The lowest BCUT2D eigenvalue weighted by molar-refractivity contribution is -0.0474. The molecule has 4 rings (SSSR count). The lowest BCUT2D eigenvalue weighted by atomic mass is 10.1. The summed E-state index contributed by atoms with van der Waals surface area (Å²) >= 11 is 0. The number of carbonyl (C=O) groups excluding carboxylic acids is 1. The maximum Gasteiger partial charge on any atom is 0.253 e. The van der Waals surface area contributed by atoms with Crippen molar-refractivity contribution in [3.8, 4) is 5.88 Å². The van der Waals surface area contributed by atoms with Crippen molar-refractivity contribution in [2.75, 3.05) is 13.7 Å². The van der Waals surface area contributed by atoms with Crippen molar-refractivity contribution < 1.29 is 18.7 Å². The van der Waals surface area contributed by atoms with E-state index >= 15 is 0 Å². The first-order chi connectivity index (χ1) is 14.1. The number of ether oxygens (including phenoxy) is 2. The standard InChI is InChI=1S/C20H22FN5O3/c1-12-6-7-16-18(25-26(24-16)17-5-3-4-8-29-17)14(12)11-22-19(27)13-9-15(21)20(28-2)23-10-13/h6-7,9-10,17H,3-5,8,11H2,1-2H3,(H,22,27). The molecule has 3 heterocycles. The third kappa shape index (κ3) is 3.91. The van der Waals surface area contributed by atoms with Crippen LogP contribution in [0, 0.1) is 12.7 Å². The van der Waals surface area contributed by atoms with Crippen LogP contribution in [0.15, 0.2) is 24.4 Å². The predicted octanol–water partition coefficient (Wildman–Crippen LogP) is 2.91. The van der Waals surface area contributed by atoms with Crippen molar-refractivity contribution in [1.29, 1.82) is 0 Å². The van der Waals surface area contributed by atoms with E-state index in [1.54, 1.807) is 4.80 Å².